The lowest BCUT2D eigenvalue weighted by Crippen LogP contribution is -2.21. The predicted octanol–water partition coefficient (Wildman–Crippen LogP) is 4.57. The molecule has 0 saturated heterocycles. The molecule has 0 N–H and O–H groups in total. The lowest BCUT2D eigenvalue weighted by Gasteiger charge is -2.07. The minimum atomic E-state index is -0.565. The van der Waals surface area contributed by atoms with Crippen LogP contribution in [-0.2, 0) is 6.54 Å². The molecular weight excluding hydrogens is 419 g/mol. The average Bonchev–Trinajstić information content (AvgIpc) is 3.10. The standard InChI is InChI=1S/C23H19FN2O4S/c1-3-29-16-8-10-17(11-9-16)30-23(28)20-14(2)19-21(31-20)25-13-26(22(19)27)12-15-6-4-5-7-18(15)24/h4-11,13H,3,12H2,1-2H3. The van der Waals surface area contributed by atoms with Crippen molar-refractivity contribution in [2.75, 3.05) is 6.61 Å². The van der Waals surface area contributed by atoms with E-state index in [0.717, 1.165) is 11.3 Å². The third-order valence-corrected chi connectivity index (χ3v) is 5.93. The summed E-state index contributed by atoms with van der Waals surface area (Å²) >= 11 is 1.10. The van der Waals surface area contributed by atoms with Crippen LogP contribution in [0.3, 0.4) is 0 Å². The monoisotopic (exact) mass is 438 g/mol. The molecule has 2 heterocycles. The van der Waals surface area contributed by atoms with E-state index in [4.69, 9.17) is 9.47 Å². The van der Waals surface area contributed by atoms with Crippen molar-refractivity contribution in [3.8, 4) is 11.5 Å². The minimum Gasteiger partial charge on any atom is -0.494 e. The third-order valence-electron chi connectivity index (χ3n) is 4.75. The topological polar surface area (TPSA) is 70.4 Å². The van der Waals surface area contributed by atoms with Gasteiger partial charge in [0.2, 0.25) is 0 Å². The molecule has 31 heavy (non-hydrogen) atoms. The molecule has 2 aromatic carbocycles. The molecule has 0 saturated carbocycles. The van der Waals surface area contributed by atoms with E-state index in [2.05, 4.69) is 4.98 Å². The van der Waals surface area contributed by atoms with Gasteiger partial charge in [-0.2, -0.15) is 0 Å². The number of halogens is 1. The first-order valence-corrected chi connectivity index (χ1v) is 10.5. The number of carbonyl (C=O) groups is 1. The largest absolute Gasteiger partial charge is 0.494 e. The fourth-order valence-electron chi connectivity index (χ4n) is 3.20. The molecular formula is C23H19FN2O4S. The Morgan fingerprint density at radius 1 is 1.13 bits per heavy atom. The minimum absolute atomic E-state index is 0.0513. The number of benzene rings is 2. The number of thiophene rings is 1. The molecule has 0 atom stereocenters. The van der Waals surface area contributed by atoms with Gasteiger partial charge in [0.05, 0.1) is 24.9 Å². The molecule has 6 nitrogen and oxygen atoms in total. The Morgan fingerprint density at radius 3 is 2.55 bits per heavy atom. The Labute approximate surface area is 181 Å². The second kappa shape index (κ2) is 8.69. The van der Waals surface area contributed by atoms with Crippen LogP contribution < -0.4 is 15.0 Å². The molecule has 0 radical (unpaired) electrons. The van der Waals surface area contributed by atoms with E-state index in [1.165, 1.54) is 17.0 Å². The summed E-state index contributed by atoms with van der Waals surface area (Å²) in [6.07, 6.45) is 1.37. The number of hydrogen-bond donors (Lipinski definition) is 0. The Bertz CT molecular complexity index is 1310. The Kier molecular flexibility index (Phi) is 5.81. The highest BCUT2D eigenvalue weighted by Gasteiger charge is 2.21. The van der Waals surface area contributed by atoms with Gasteiger partial charge in [-0.3, -0.25) is 9.36 Å². The van der Waals surface area contributed by atoms with Crippen molar-refractivity contribution in [2.45, 2.75) is 20.4 Å². The number of esters is 1. The maximum Gasteiger partial charge on any atom is 0.354 e. The van der Waals surface area contributed by atoms with E-state index >= 15 is 0 Å². The predicted molar refractivity (Wildman–Crippen MR) is 117 cm³/mol. The summed E-state index contributed by atoms with van der Waals surface area (Å²) in [6.45, 7) is 4.16. The molecule has 0 aliphatic heterocycles. The van der Waals surface area contributed by atoms with E-state index in [0.29, 0.717) is 44.3 Å². The SMILES string of the molecule is CCOc1ccc(OC(=O)c2sc3ncn(Cc4ccccc4F)c(=O)c3c2C)cc1. The molecule has 0 fully saturated rings. The number of rotatable bonds is 6. The van der Waals surface area contributed by atoms with Crippen molar-refractivity contribution >= 4 is 27.5 Å². The van der Waals surface area contributed by atoms with Crippen LogP contribution in [0.25, 0.3) is 10.2 Å². The van der Waals surface area contributed by atoms with Gasteiger partial charge in [-0.25, -0.2) is 14.2 Å². The zero-order valence-electron chi connectivity index (χ0n) is 16.9. The smallest absolute Gasteiger partial charge is 0.354 e. The summed E-state index contributed by atoms with van der Waals surface area (Å²) < 4.78 is 26.1. The number of aryl methyl sites for hydroxylation is 1. The molecule has 8 heteroatoms. The molecule has 0 aliphatic carbocycles. The van der Waals surface area contributed by atoms with Crippen LogP contribution in [0.2, 0.25) is 0 Å². The number of fused-ring (bicyclic) bond motifs is 1. The molecule has 0 spiro atoms. The molecule has 0 amide bonds. The average molecular weight is 438 g/mol. The summed E-state index contributed by atoms with van der Waals surface area (Å²) in [5.41, 5.74) is 0.548. The maximum atomic E-state index is 14.0. The summed E-state index contributed by atoms with van der Waals surface area (Å²) in [5, 5.41) is 0.336. The van der Waals surface area contributed by atoms with Gasteiger partial charge in [0.1, 0.15) is 27.0 Å². The summed E-state index contributed by atoms with van der Waals surface area (Å²) in [4.78, 5) is 30.8. The lowest BCUT2D eigenvalue weighted by atomic mass is 10.2. The van der Waals surface area contributed by atoms with E-state index < -0.39 is 11.8 Å². The van der Waals surface area contributed by atoms with Gasteiger partial charge in [0.15, 0.2) is 0 Å². The first kappa shape index (κ1) is 20.7. The van der Waals surface area contributed by atoms with Gasteiger partial charge in [-0.15, -0.1) is 11.3 Å². The van der Waals surface area contributed by atoms with Gasteiger partial charge in [0.25, 0.3) is 5.56 Å². The Hall–Kier alpha value is -3.52. The molecule has 0 unspecified atom stereocenters. The van der Waals surface area contributed by atoms with Crippen LogP contribution in [0.1, 0.15) is 27.7 Å². The van der Waals surface area contributed by atoms with Crippen LogP contribution in [0.15, 0.2) is 59.7 Å². The maximum absolute atomic E-state index is 14.0. The summed E-state index contributed by atoms with van der Waals surface area (Å²) in [7, 11) is 0. The zero-order valence-corrected chi connectivity index (χ0v) is 17.7. The van der Waals surface area contributed by atoms with Gasteiger partial charge in [-0.05, 0) is 49.7 Å². The Balaban J connectivity index is 1.63. The van der Waals surface area contributed by atoms with Crippen LogP contribution in [0.4, 0.5) is 4.39 Å². The van der Waals surface area contributed by atoms with Gasteiger partial charge in [-0.1, -0.05) is 18.2 Å². The number of nitrogens with zero attached hydrogens (tertiary/aromatic N) is 2. The second-order valence-electron chi connectivity index (χ2n) is 6.80. The fraction of sp³-hybridized carbons (Fsp3) is 0.174. The lowest BCUT2D eigenvalue weighted by molar-refractivity contribution is 0.0739. The van der Waals surface area contributed by atoms with Crippen molar-refractivity contribution in [3.63, 3.8) is 0 Å². The third kappa shape index (κ3) is 4.20. The van der Waals surface area contributed by atoms with Crippen molar-refractivity contribution in [2.24, 2.45) is 0 Å². The first-order chi connectivity index (χ1) is 15.0. The van der Waals surface area contributed by atoms with E-state index in [1.54, 1.807) is 49.4 Å². The van der Waals surface area contributed by atoms with Crippen molar-refractivity contribution in [1.29, 1.82) is 0 Å². The highest BCUT2D eigenvalue weighted by atomic mass is 32.1. The quantitative estimate of drug-likeness (QED) is 0.326. The highest BCUT2D eigenvalue weighted by Crippen LogP contribution is 2.28. The van der Waals surface area contributed by atoms with Gasteiger partial charge < -0.3 is 9.47 Å². The molecule has 158 valence electrons. The number of ether oxygens (including phenoxy) is 2. The molecule has 0 aliphatic rings. The van der Waals surface area contributed by atoms with Crippen molar-refractivity contribution in [3.05, 3.63) is 87.0 Å². The zero-order chi connectivity index (χ0) is 22.0. The number of carbonyl (C=O) groups excluding carboxylic acids is 1. The Morgan fingerprint density at radius 2 is 1.84 bits per heavy atom. The second-order valence-corrected chi connectivity index (χ2v) is 7.80. The van der Waals surface area contributed by atoms with Crippen LogP contribution >= 0.6 is 11.3 Å². The van der Waals surface area contributed by atoms with Crippen LogP contribution in [-0.4, -0.2) is 22.1 Å². The molecule has 4 aromatic rings. The van der Waals surface area contributed by atoms with Crippen LogP contribution in [0, 0.1) is 12.7 Å². The van der Waals surface area contributed by atoms with Crippen molar-refractivity contribution in [1.82, 2.24) is 9.55 Å². The van der Waals surface area contributed by atoms with E-state index in [-0.39, 0.29) is 12.1 Å². The van der Waals surface area contributed by atoms with Crippen LogP contribution in [0.5, 0.6) is 11.5 Å². The molecule has 0 bridgehead atoms. The van der Waals surface area contributed by atoms with E-state index in [9.17, 15) is 14.0 Å². The van der Waals surface area contributed by atoms with Gasteiger partial charge in [0, 0.05) is 5.56 Å². The highest BCUT2D eigenvalue weighted by molar-refractivity contribution is 7.20. The fourth-order valence-corrected chi connectivity index (χ4v) is 4.22. The number of aromatic nitrogens is 2. The van der Waals surface area contributed by atoms with Gasteiger partial charge >= 0.3 is 5.97 Å². The normalized spacial score (nSPS) is 10.9. The van der Waals surface area contributed by atoms with Crippen molar-refractivity contribution < 1.29 is 18.7 Å². The summed E-state index contributed by atoms with van der Waals surface area (Å²) in [6, 6.07) is 13.0. The van der Waals surface area contributed by atoms with E-state index in [1.807, 2.05) is 6.92 Å². The molecule has 4 rings (SSSR count). The molecule has 2 aromatic heterocycles. The first-order valence-electron chi connectivity index (χ1n) is 9.65. The number of hydrogen-bond acceptors (Lipinski definition) is 6. The summed E-state index contributed by atoms with van der Waals surface area (Å²) in [5.74, 6) is 0.0936.